The molecule has 0 spiro atoms. The smallest absolute Gasteiger partial charge is 0.240 e. The number of ether oxygens (including phenoxy) is 1. The van der Waals surface area contributed by atoms with E-state index >= 15 is 0 Å². The standard InChI is InChI=1S/C21H24N2O3/c1-15-4-3-5-17(14-15)23-20(25)21(11-12-21)19(24)22-13-10-16-6-8-18(26-2)9-7-16/h3-9,14H,10-13H2,1-2H3,(H,22,24)(H,23,25). The summed E-state index contributed by atoms with van der Waals surface area (Å²) in [6.45, 7) is 2.47. The first-order valence-electron chi connectivity index (χ1n) is 8.83. The molecule has 0 atom stereocenters. The van der Waals surface area contributed by atoms with Crippen LogP contribution < -0.4 is 15.4 Å². The van der Waals surface area contributed by atoms with Crippen LogP contribution in [0.25, 0.3) is 0 Å². The zero-order valence-electron chi connectivity index (χ0n) is 15.2. The second kappa shape index (κ2) is 7.60. The highest BCUT2D eigenvalue weighted by atomic mass is 16.5. The largest absolute Gasteiger partial charge is 0.497 e. The van der Waals surface area contributed by atoms with Crippen molar-refractivity contribution in [1.29, 1.82) is 0 Å². The van der Waals surface area contributed by atoms with Crippen LogP contribution in [0.3, 0.4) is 0 Å². The van der Waals surface area contributed by atoms with E-state index in [1.165, 1.54) is 0 Å². The van der Waals surface area contributed by atoms with E-state index in [9.17, 15) is 9.59 Å². The van der Waals surface area contributed by atoms with Gasteiger partial charge < -0.3 is 15.4 Å². The minimum Gasteiger partial charge on any atom is -0.497 e. The molecule has 1 saturated carbocycles. The Morgan fingerprint density at radius 3 is 2.42 bits per heavy atom. The van der Waals surface area contributed by atoms with Crippen molar-refractivity contribution in [2.24, 2.45) is 5.41 Å². The SMILES string of the molecule is COc1ccc(CCNC(=O)C2(C(=O)Nc3cccc(C)c3)CC2)cc1. The van der Waals surface area contributed by atoms with Crippen molar-refractivity contribution in [3.63, 3.8) is 0 Å². The molecule has 5 heteroatoms. The van der Waals surface area contributed by atoms with Crippen molar-refractivity contribution < 1.29 is 14.3 Å². The number of rotatable bonds is 7. The van der Waals surface area contributed by atoms with Gasteiger partial charge in [0.1, 0.15) is 11.2 Å². The highest BCUT2D eigenvalue weighted by Gasteiger charge is 2.56. The van der Waals surface area contributed by atoms with Crippen LogP contribution in [-0.4, -0.2) is 25.5 Å². The molecule has 0 bridgehead atoms. The predicted octanol–water partition coefficient (Wildman–Crippen LogP) is 3.08. The molecule has 0 saturated heterocycles. The summed E-state index contributed by atoms with van der Waals surface area (Å²) in [4.78, 5) is 25.1. The maximum absolute atomic E-state index is 12.6. The van der Waals surface area contributed by atoms with Crippen LogP contribution in [0.4, 0.5) is 5.69 Å². The Hall–Kier alpha value is -2.82. The van der Waals surface area contributed by atoms with E-state index in [1.807, 2.05) is 55.5 Å². The van der Waals surface area contributed by atoms with Crippen molar-refractivity contribution >= 4 is 17.5 Å². The van der Waals surface area contributed by atoms with Gasteiger partial charge in [0.25, 0.3) is 0 Å². The Bertz CT molecular complexity index is 795. The van der Waals surface area contributed by atoms with Gasteiger partial charge in [-0.05, 0) is 61.6 Å². The lowest BCUT2D eigenvalue weighted by Gasteiger charge is -2.16. The van der Waals surface area contributed by atoms with Gasteiger partial charge in [0.15, 0.2) is 0 Å². The topological polar surface area (TPSA) is 67.4 Å². The highest BCUT2D eigenvalue weighted by Crippen LogP contribution is 2.46. The lowest BCUT2D eigenvalue weighted by atomic mass is 10.0. The van der Waals surface area contributed by atoms with Gasteiger partial charge in [-0.2, -0.15) is 0 Å². The third kappa shape index (κ3) is 4.04. The zero-order valence-corrected chi connectivity index (χ0v) is 15.2. The molecule has 2 N–H and O–H groups in total. The number of benzene rings is 2. The van der Waals surface area contributed by atoms with Gasteiger partial charge in [-0.1, -0.05) is 24.3 Å². The third-order valence-corrected chi connectivity index (χ3v) is 4.75. The number of anilines is 1. The van der Waals surface area contributed by atoms with E-state index in [2.05, 4.69) is 10.6 Å². The normalized spacial score (nSPS) is 14.4. The number of carbonyl (C=O) groups excluding carboxylic acids is 2. The van der Waals surface area contributed by atoms with E-state index in [0.717, 1.165) is 22.6 Å². The van der Waals surface area contributed by atoms with Crippen LogP contribution in [0.15, 0.2) is 48.5 Å². The molecule has 0 radical (unpaired) electrons. The fraction of sp³-hybridized carbons (Fsp3) is 0.333. The van der Waals surface area contributed by atoms with Crippen molar-refractivity contribution in [2.45, 2.75) is 26.2 Å². The molecule has 2 aromatic rings. The van der Waals surface area contributed by atoms with Crippen LogP contribution >= 0.6 is 0 Å². The quantitative estimate of drug-likeness (QED) is 0.753. The molecule has 2 amide bonds. The molecule has 1 aliphatic carbocycles. The number of hydrogen-bond donors (Lipinski definition) is 2. The second-order valence-electron chi connectivity index (χ2n) is 6.76. The molecule has 26 heavy (non-hydrogen) atoms. The van der Waals surface area contributed by atoms with Gasteiger partial charge in [-0.3, -0.25) is 9.59 Å². The summed E-state index contributed by atoms with van der Waals surface area (Å²) in [5.74, 6) is 0.406. The Morgan fingerprint density at radius 2 is 1.81 bits per heavy atom. The average Bonchev–Trinajstić information content (AvgIpc) is 3.44. The number of hydrogen-bond acceptors (Lipinski definition) is 3. The molecule has 0 heterocycles. The summed E-state index contributed by atoms with van der Waals surface area (Å²) in [7, 11) is 1.63. The molecule has 3 rings (SSSR count). The third-order valence-electron chi connectivity index (χ3n) is 4.75. The number of nitrogens with one attached hydrogen (secondary N) is 2. The fourth-order valence-electron chi connectivity index (χ4n) is 2.94. The first-order chi connectivity index (χ1) is 12.5. The van der Waals surface area contributed by atoms with Gasteiger partial charge in [-0.25, -0.2) is 0 Å². The molecule has 1 aliphatic rings. The Labute approximate surface area is 153 Å². The van der Waals surface area contributed by atoms with Crippen LogP contribution in [0.5, 0.6) is 5.75 Å². The zero-order chi connectivity index (χ0) is 18.6. The van der Waals surface area contributed by atoms with Gasteiger partial charge in [0.2, 0.25) is 11.8 Å². The average molecular weight is 352 g/mol. The molecular formula is C21H24N2O3. The summed E-state index contributed by atoms with van der Waals surface area (Å²) < 4.78 is 5.13. The maximum atomic E-state index is 12.6. The number of aryl methyl sites for hydroxylation is 1. The Balaban J connectivity index is 1.52. The summed E-state index contributed by atoms with van der Waals surface area (Å²) in [6.07, 6.45) is 1.91. The summed E-state index contributed by atoms with van der Waals surface area (Å²) in [5, 5.41) is 5.78. The maximum Gasteiger partial charge on any atom is 0.240 e. The summed E-state index contributed by atoms with van der Waals surface area (Å²) in [6, 6.07) is 15.3. The van der Waals surface area contributed by atoms with Crippen LogP contribution in [0.1, 0.15) is 24.0 Å². The molecular weight excluding hydrogens is 328 g/mol. The molecule has 5 nitrogen and oxygen atoms in total. The van der Waals surface area contributed by atoms with Crippen molar-refractivity contribution in [3.8, 4) is 5.75 Å². The summed E-state index contributed by atoms with van der Waals surface area (Å²) in [5.41, 5.74) is 1.99. The predicted molar refractivity (Wildman–Crippen MR) is 101 cm³/mol. The highest BCUT2D eigenvalue weighted by molar-refractivity contribution is 6.13. The van der Waals surface area contributed by atoms with Crippen molar-refractivity contribution in [2.75, 3.05) is 19.0 Å². The van der Waals surface area contributed by atoms with E-state index in [0.29, 0.717) is 25.8 Å². The van der Waals surface area contributed by atoms with Crippen LogP contribution in [-0.2, 0) is 16.0 Å². The van der Waals surface area contributed by atoms with Crippen LogP contribution in [0, 0.1) is 12.3 Å². The molecule has 0 aliphatic heterocycles. The summed E-state index contributed by atoms with van der Waals surface area (Å²) >= 11 is 0. The van der Waals surface area contributed by atoms with E-state index in [1.54, 1.807) is 7.11 Å². The number of methoxy groups -OCH3 is 1. The number of carbonyl (C=O) groups is 2. The van der Waals surface area contributed by atoms with Crippen LogP contribution in [0.2, 0.25) is 0 Å². The second-order valence-corrected chi connectivity index (χ2v) is 6.76. The van der Waals surface area contributed by atoms with Gasteiger partial charge in [0, 0.05) is 12.2 Å². The minimum absolute atomic E-state index is 0.184. The van der Waals surface area contributed by atoms with E-state index < -0.39 is 5.41 Å². The van der Waals surface area contributed by atoms with E-state index in [-0.39, 0.29) is 11.8 Å². The van der Waals surface area contributed by atoms with Crippen molar-refractivity contribution in [3.05, 3.63) is 59.7 Å². The monoisotopic (exact) mass is 352 g/mol. The fourth-order valence-corrected chi connectivity index (χ4v) is 2.94. The molecule has 0 aromatic heterocycles. The molecule has 2 aromatic carbocycles. The van der Waals surface area contributed by atoms with Gasteiger partial charge in [0.05, 0.1) is 7.11 Å². The van der Waals surface area contributed by atoms with E-state index in [4.69, 9.17) is 4.74 Å². The van der Waals surface area contributed by atoms with Crippen molar-refractivity contribution in [1.82, 2.24) is 5.32 Å². The minimum atomic E-state index is -0.913. The Kier molecular flexibility index (Phi) is 5.26. The first kappa shape index (κ1) is 18.0. The first-order valence-corrected chi connectivity index (χ1v) is 8.83. The van der Waals surface area contributed by atoms with Gasteiger partial charge in [-0.15, -0.1) is 0 Å². The van der Waals surface area contributed by atoms with Gasteiger partial charge >= 0.3 is 0 Å². The lowest BCUT2D eigenvalue weighted by molar-refractivity contribution is -0.134. The lowest BCUT2D eigenvalue weighted by Crippen LogP contribution is -2.40. The molecule has 136 valence electrons. The molecule has 0 unspecified atom stereocenters. The number of amides is 2. The Morgan fingerprint density at radius 1 is 1.08 bits per heavy atom. The molecule has 1 fully saturated rings.